The van der Waals surface area contributed by atoms with E-state index in [1.165, 1.54) is 4.68 Å². The molecule has 41 heavy (non-hydrogen) atoms. The van der Waals surface area contributed by atoms with Gasteiger partial charge in [-0.1, -0.05) is 84.9 Å². The summed E-state index contributed by atoms with van der Waals surface area (Å²) < 4.78 is 1.50. The smallest absolute Gasteiger partial charge is 0.270 e. The van der Waals surface area contributed by atoms with Crippen LogP contribution in [0.5, 0.6) is 0 Å². The number of carbonyl (C=O) groups excluding carboxylic acids is 2. The van der Waals surface area contributed by atoms with Gasteiger partial charge in [-0.25, -0.2) is 0 Å². The fourth-order valence-corrected chi connectivity index (χ4v) is 5.27. The lowest BCUT2D eigenvalue weighted by Crippen LogP contribution is -2.46. The molecule has 0 aliphatic heterocycles. The number of H-pyrrole nitrogens is 1. The van der Waals surface area contributed by atoms with E-state index in [2.05, 4.69) is 20.6 Å². The molecule has 3 aromatic carbocycles. The minimum Gasteiger partial charge on any atom is -0.387 e. The molecular weight excluding hydrogens is 514 g/mol. The van der Waals surface area contributed by atoms with Crippen molar-refractivity contribution in [2.75, 3.05) is 0 Å². The Morgan fingerprint density at radius 3 is 2.07 bits per heavy atom. The molecule has 1 amide bonds. The van der Waals surface area contributed by atoms with Crippen LogP contribution < -0.4 is 5.32 Å². The zero-order valence-electron chi connectivity index (χ0n) is 23.3. The fraction of sp³-hybridized carbons (Fsp3) is 0.212. The molecule has 0 saturated heterocycles. The molecule has 0 aliphatic carbocycles. The summed E-state index contributed by atoms with van der Waals surface area (Å²) in [5.41, 5.74) is 6.24. The first-order valence-electron chi connectivity index (χ1n) is 13.6. The third kappa shape index (κ3) is 6.02. The first-order valence-corrected chi connectivity index (χ1v) is 13.6. The SMILES string of the molecule is Cc1[nH]nc(C(C)O)c1-c1ccc(CC(=O)[C@@H](NC(=O)c2ccnn2C)C(c2ccccc2)c2ccccc2)cc1. The van der Waals surface area contributed by atoms with Gasteiger partial charge in [0.2, 0.25) is 0 Å². The molecule has 2 heterocycles. The minimum absolute atomic E-state index is 0.116. The first-order chi connectivity index (χ1) is 19.8. The summed E-state index contributed by atoms with van der Waals surface area (Å²) in [6, 6.07) is 28.0. The topological polar surface area (TPSA) is 113 Å². The van der Waals surface area contributed by atoms with Crippen LogP contribution in [0.1, 0.15) is 57.5 Å². The standard InChI is InChI=1S/C33H33N5O3/c1-21-29(31(22(2)39)37-36-21)26-16-14-23(15-17-26)20-28(40)32(35-33(41)27-18-19-34-38(27)3)30(24-10-6-4-7-11-24)25-12-8-5-9-13-25/h4-19,22,30,32,39H,20H2,1-3H3,(H,35,41)(H,36,37)/t22?,32-/m1/s1. The molecule has 0 fully saturated rings. The van der Waals surface area contributed by atoms with E-state index in [0.29, 0.717) is 11.4 Å². The Morgan fingerprint density at radius 1 is 0.927 bits per heavy atom. The number of amides is 1. The monoisotopic (exact) mass is 547 g/mol. The third-order valence-corrected chi connectivity index (χ3v) is 7.33. The Morgan fingerprint density at radius 2 is 1.54 bits per heavy atom. The van der Waals surface area contributed by atoms with E-state index >= 15 is 0 Å². The lowest BCUT2D eigenvalue weighted by molar-refractivity contribution is -0.120. The lowest BCUT2D eigenvalue weighted by Gasteiger charge is -2.28. The zero-order valence-corrected chi connectivity index (χ0v) is 23.3. The molecule has 1 unspecified atom stereocenters. The van der Waals surface area contributed by atoms with Gasteiger partial charge in [-0.3, -0.25) is 19.4 Å². The maximum Gasteiger partial charge on any atom is 0.270 e. The van der Waals surface area contributed by atoms with Gasteiger partial charge in [0, 0.05) is 36.8 Å². The number of ketones is 1. The summed E-state index contributed by atoms with van der Waals surface area (Å²) in [6.45, 7) is 3.59. The van der Waals surface area contributed by atoms with Gasteiger partial charge in [0.1, 0.15) is 5.69 Å². The Labute approximate surface area is 239 Å². The molecule has 8 heteroatoms. The molecule has 0 saturated carbocycles. The third-order valence-electron chi connectivity index (χ3n) is 7.33. The maximum atomic E-state index is 14.1. The second-order valence-electron chi connectivity index (χ2n) is 10.2. The molecule has 2 aromatic heterocycles. The van der Waals surface area contributed by atoms with Gasteiger partial charge in [0.25, 0.3) is 5.91 Å². The highest BCUT2D eigenvalue weighted by molar-refractivity contribution is 5.98. The van der Waals surface area contributed by atoms with Crippen molar-refractivity contribution < 1.29 is 14.7 Å². The second-order valence-corrected chi connectivity index (χ2v) is 10.2. The first kappa shape index (κ1) is 27.7. The van der Waals surface area contributed by atoms with E-state index in [1.807, 2.05) is 91.9 Å². The summed E-state index contributed by atoms with van der Waals surface area (Å²) in [5, 5.41) is 24.5. The van der Waals surface area contributed by atoms with Gasteiger partial charge in [0.05, 0.1) is 17.8 Å². The molecular formula is C33H33N5O3. The van der Waals surface area contributed by atoms with E-state index in [4.69, 9.17) is 0 Å². The van der Waals surface area contributed by atoms with E-state index in [0.717, 1.165) is 33.5 Å². The molecule has 5 aromatic rings. The van der Waals surface area contributed by atoms with Gasteiger partial charge in [0.15, 0.2) is 5.78 Å². The summed E-state index contributed by atoms with van der Waals surface area (Å²) in [7, 11) is 1.70. The molecule has 0 bridgehead atoms. The van der Waals surface area contributed by atoms with E-state index in [9.17, 15) is 14.7 Å². The number of benzene rings is 3. The second kappa shape index (κ2) is 12.1. The van der Waals surface area contributed by atoms with Crippen molar-refractivity contribution in [3.8, 4) is 11.1 Å². The van der Waals surface area contributed by atoms with Gasteiger partial charge in [-0.05, 0) is 42.2 Å². The summed E-state index contributed by atoms with van der Waals surface area (Å²) in [6.07, 6.45) is 0.970. The Hall–Kier alpha value is -4.82. The highest BCUT2D eigenvalue weighted by Crippen LogP contribution is 2.31. The average molecular weight is 548 g/mol. The predicted molar refractivity (Wildman–Crippen MR) is 157 cm³/mol. The van der Waals surface area contributed by atoms with Crippen molar-refractivity contribution in [3.63, 3.8) is 0 Å². The van der Waals surface area contributed by atoms with Crippen molar-refractivity contribution in [2.45, 2.75) is 38.3 Å². The predicted octanol–water partition coefficient (Wildman–Crippen LogP) is 4.91. The summed E-state index contributed by atoms with van der Waals surface area (Å²) >= 11 is 0. The van der Waals surface area contributed by atoms with Crippen LogP contribution in [0.3, 0.4) is 0 Å². The molecule has 3 N–H and O–H groups in total. The van der Waals surface area contributed by atoms with Crippen LogP contribution in [0.25, 0.3) is 11.1 Å². The van der Waals surface area contributed by atoms with Crippen LogP contribution in [-0.2, 0) is 18.3 Å². The number of aliphatic hydroxyl groups excluding tert-OH is 1. The van der Waals surface area contributed by atoms with Gasteiger partial charge < -0.3 is 10.4 Å². The highest BCUT2D eigenvalue weighted by Gasteiger charge is 2.33. The van der Waals surface area contributed by atoms with E-state index < -0.39 is 18.1 Å². The lowest BCUT2D eigenvalue weighted by atomic mass is 9.81. The number of Topliss-reactive ketones (excluding diaryl/α,β-unsaturated/α-hetero) is 1. The number of aromatic amines is 1. The Kier molecular flexibility index (Phi) is 8.21. The quantitative estimate of drug-likeness (QED) is 0.230. The van der Waals surface area contributed by atoms with Gasteiger partial charge in [-0.15, -0.1) is 0 Å². The van der Waals surface area contributed by atoms with Gasteiger partial charge in [-0.2, -0.15) is 10.2 Å². The largest absolute Gasteiger partial charge is 0.387 e. The molecule has 5 rings (SSSR count). The molecule has 0 aliphatic rings. The number of hydrogen-bond acceptors (Lipinski definition) is 5. The molecule has 8 nitrogen and oxygen atoms in total. The van der Waals surface area contributed by atoms with Crippen LogP contribution in [-0.4, -0.2) is 42.8 Å². The van der Waals surface area contributed by atoms with E-state index in [1.54, 1.807) is 26.2 Å². The molecule has 2 atom stereocenters. The number of nitrogens with zero attached hydrogens (tertiary/aromatic N) is 3. The molecule has 208 valence electrons. The van der Waals surface area contributed by atoms with Crippen molar-refractivity contribution in [2.24, 2.45) is 7.05 Å². The fourth-order valence-electron chi connectivity index (χ4n) is 5.27. The number of carbonyl (C=O) groups is 2. The summed E-state index contributed by atoms with van der Waals surface area (Å²) in [4.78, 5) is 27.5. The number of aromatic nitrogens is 4. The van der Waals surface area contributed by atoms with Crippen molar-refractivity contribution in [1.29, 1.82) is 0 Å². The van der Waals surface area contributed by atoms with Crippen LogP contribution >= 0.6 is 0 Å². The number of hydrogen-bond donors (Lipinski definition) is 3. The van der Waals surface area contributed by atoms with Crippen LogP contribution in [0.15, 0.2) is 97.2 Å². The highest BCUT2D eigenvalue weighted by atomic mass is 16.3. The molecule has 0 spiro atoms. The van der Waals surface area contributed by atoms with Crippen LogP contribution in [0.4, 0.5) is 0 Å². The zero-order chi connectivity index (χ0) is 28.9. The van der Waals surface area contributed by atoms with E-state index in [-0.39, 0.29) is 18.1 Å². The van der Waals surface area contributed by atoms with Crippen LogP contribution in [0, 0.1) is 6.92 Å². The number of aliphatic hydroxyl groups is 1. The normalized spacial score (nSPS) is 12.7. The average Bonchev–Trinajstić information content (AvgIpc) is 3.59. The van der Waals surface area contributed by atoms with Crippen molar-refractivity contribution >= 4 is 11.7 Å². The molecule has 0 radical (unpaired) electrons. The summed E-state index contributed by atoms with van der Waals surface area (Å²) in [5.74, 6) is -0.879. The Balaban J connectivity index is 1.49. The minimum atomic E-state index is -0.833. The number of nitrogens with one attached hydrogen (secondary N) is 2. The van der Waals surface area contributed by atoms with Crippen molar-refractivity contribution in [3.05, 3.63) is 131 Å². The van der Waals surface area contributed by atoms with Gasteiger partial charge >= 0.3 is 0 Å². The van der Waals surface area contributed by atoms with Crippen molar-refractivity contribution in [1.82, 2.24) is 25.3 Å². The number of aryl methyl sites for hydroxylation is 2. The number of rotatable bonds is 10. The Bertz CT molecular complexity index is 1580. The van der Waals surface area contributed by atoms with Crippen LogP contribution in [0.2, 0.25) is 0 Å². The maximum absolute atomic E-state index is 14.1.